The third kappa shape index (κ3) is 3.86. The molecule has 0 spiro atoms. The van der Waals surface area contributed by atoms with Gasteiger partial charge >= 0.3 is 0 Å². The van der Waals surface area contributed by atoms with Gasteiger partial charge in [0.1, 0.15) is 0 Å². The Morgan fingerprint density at radius 1 is 1.37 bits per heavy atom. The van der Waals surface area contributed by atoms with E-state index < -0.39 is 0 Å². The number of rotatable bonds is 6. The number of imidazole rings is 1. The maximum atomic E-state index is 11.9. The molecule has 5 heteroatoms. The lowest BCUT2D eigenvalue weighted by Crippen LogP contribution is -2.25. The Balaban J connectivity index is 1.93. The fraction of sp³-hybridized carbons (Fsp3) is 0.286. The van der Waals surface area contributed by atoms with Crippen molar-refractivity contribution >= 4 is 17.7 Å². The molecule has 1 aromatic heterocycles. The topological polar surface area (TPSA) is 46.9 Å². The van der Waals surface area contributed by atoms with E-state index >= 15 is 0 Å². The van der Waals surface area contributed by atoms with Crippen molar-refractivity contribution in [2.45, 2.75) is 6.92 Å². The number of hydrogen-bond acceptors (Lipinski definition) is 3. The molecule has 0 aliphatic rings. The third-order valence-corrected chi connectivity index (χ3v) is 3.57. The molecule has 1 aromatic carbocycles. The largest absolute Gasteiger partial charge is 0.351 e. The summed E-state index contributed by atoms with van der Waals surface area (Å²) in [4.78, 5) is 15.9. The van der Waals surface area contributed by atoms with Crippen LogP contribution < -0.4 is 5.32 Å². The number of amides is 1. The summed E-state index contributed by atoms with van der Waals surface area (Å²) in [6.45, 7) is 2.82. The van der Waals surface area contributed by atoms with E-state index in [4.69, 9.17) is 0 Å². The van der Waals surface area contributed by atoms with Crippen molar-refractivity contribution in [2.24, 2.45) is 0 Å². The molecule has 1 heterocycles. The van der Waals surface area contributed by atoms with Gasteiger partial charge in [0.25, 0.3) is 5.91 Å². The van der Waals surface area contributed by atoms with Gasteiger partial charge in [0.05, 0.1) is 6.33 Å². The van der Waals surface area contributed by atoms with Gasteiger partial charge in [-0.15, -0.1) is 0 Å². The zero-order valence-corrected chi connectivity index (χ0v) is 11.7. The molecule has 0 unspecified atom stereocenters. The Kier molecular flexibility index (Phi) is 5.03. The zero-order valence-electron chi connectivity index (χ0n) is 10.9. The second-order valence-corrected chi connectivity index (χ2v) is 5.36. The summed E-state index contributed by atoms with van der Waals surface area (Å²) in [5.74, 6) is 2.01. The fourth-order valence-corrected chi connectivity index (χ4v) is 2.21. The maximum Gasteiger partial charge on any atom is 0.251 e. The van der Waals surface area contributed by atoms with E-state index in [0.717, 1.165) is 17.2 Å². The molecular formula is C14H17N3OS. The van der Waals surface area contributed by atoms with Gasteiger partial charge in [-0.2, -0.15) is 11.8 Å². The fourth-order valence-electron chi connectivity index (χ4n) is 1.68. The number of carbonyl (C=O) groups excluding carboxylic acids is 1. The summed E-state index contributed by atoms with van der Waals surface area (Å²) in [6, 6.07) is 7.49. The molecule has 0 aliphatic heterocycles. The first-order valence-corrected chi connectivity index (χ1v) is 7.41. The van der Waals surface area contributed by atoms with Crippen LogP contribution in [0.2, 0.25) is 0 Å². The molecule has 0 bridgehead atoms. The minimum Gasteiger partial charge on any atom is -0.351 e. The standard InChI is InChI=1S/C14H17N3OS/c1-2-19-10-8-16-14(18)12-3-5-13(6-4-12)17-9-7-15-11-17/h3-7,9,11H,2,8,10H2,1H3,(H,16,18). The van der Waals surface area contributed by atoms with Crippen molar-refractivity contribution in [3.8, 4) is 5.69 Å². The molecule has 0 aliphatic carbocycles. The summed E-state index contributed by atoms with van der Waals surface area (Å²) < 4.78 is 1.90. The van der Waals surface area contributed by atoms with E-state index in [0.29, 0.717) is 12.1 Å². The predicted molar refractivity (Wildman–Crippen MR) is 78.9 cm³/mol. The highest BCUT2D eigenvalue weighted by molar-refractivity contribution is 7.99. The van der Waals surface area contributed by atoms with Gasteiger partial charge in [0.15, 0.2) is 0 Å². The van der Waals surface area contributed by atoms with E-state index in [1.165, 1.54) is 0 Å². The molecule has 2 aromatic rings. The molecule has 0 fully saturated rings. The maximum absolute atomic E-state index is 11.9. The van der Waals surface area contributed by atoms with Gasteiger partial charge in [-0.25, -0.2) is 4.98 Å². The Hall–Kier alpha value is -1.75. The van der Waals surface area contributed by atoms with Crippen LogP contribution >= 0.6 is 11.8 Å². The Morgan fingerprint density at radius 2 is 2.16 bits per heavy atom. The number of carbonyl (C=O) groups is 1. The zero-order chi connectivity index (χ0) is 13.5. The molecule has 1 N–H and O–H groups in total. The highest BCUT2D eigenvalue weighted by Gasteiger charge is 2.04. The summed E-state index contributed by atoms with van der Waals surface area (Å²) in [5.41, 5.74) is 1.68. The highest BCUT2D eigenvalue weighted by Crippen LogP contribution is 2.09. The number of nitrogens with one attached hydrogen (secondary N) is 1. The predicted octanol–water partition coefficient (Wildman–Crippen LogP) is 2.36. The Morgan fingerprint density at radius 3 is 2.79 bits per heavy atom. The van der Waals surface area contributed by atoms with Crippen LogP contribution in [0.15, 0.2) is 43.0 Å². The molecule has 19 heavy (non-hydrogen) atoms. The quantitative estimate of drug-likeness (QED) is 0.823. The van der Waals surface area contributed by atoms with Crippen molar-refractivity contribution in [1.29, 1.82) is 0 Å². The molecule has 0 saturated carbocycles. The second-order valence-electron chi connectivity index (χ2n) is 3.97. The lowest BCUT2D eigenvalue weighted by atomic mass is 10.2. The van der Waals surface area contributed by atoms with Crippen LogP contribution in [0.1, 0.15) is 17.3 Å². The van der Waals surface area contributed by atoms with E-state index in [1.54, 1.807) is 12.5 Å². The lowest BCUT2D eigenvalue weighted by molar-refractivity contribution is 0.0956. The third-order valence-electron chi connectivity index (χ3n) is 2.67. The van der Waals surface area contributed by atoms with Crippen LogP contribution in [-0.2, 0) is 0 Å². The summed E-state index contributed by atoms with van der Waals surface area (Å²) >= 11 is 1.82. The lowest BCUT2D eigenvalue weighted by Gasteiger charge is -2.06. The molecular weight excluding hydrogens is 258 g/mol. The molecule has 0 saturated heterocycles. The van der Waals surface area contributed by atoms with E-state index in [2.05, 4.69) is 17.2 Å². The molecule has 4 nitrogen and oxygen atoms in total. The van der Waals surface area contributed by atoms with Crippen molar-refractivity contribution in [2.75, 3.05) is 18.1 Å². The summed E-state index contributed by atoms with van der Waals surface area (Å²) in [7, 11) is 0. The number of benzene rings is 1. The van der Waals surface area contributed by atoms with Gasteiger partial charge in [0.2, 0.25) is 0 Å². The normalized spacial score (nSPS) is 10.4. The van der Waals surface area contributed by atoms with Crippen LogP contribution in [0, 0.1) is 0 Å². The number of nitrogens with zero attached hydrogens (tertiary/aromatic N) is 2. The Bertz CT molecular complexity index is 508. The molecule has 0 radical (unpaired) electrons. The van der Waals surface area contributed by atoms with Crippen LogP contribution in [0.25, 0.3) is 5.69 Å². The van der Waals surface area contributed by atoms with Crippen LogP contribution in [0.3, 0.4) is 0 Å². The average Bonchev–Trinajstić information content (AvgIpc) is 2.98. The molecule has 0 atom stereocenters. The van der Waals surface area contributed by atoms with Gasteiger partial charge in [0, 0.05) is 35.9 Å². The van der Waals surface area contributed by atoms with Crippen LogP contribution in [0.4, 0.5) is 0 Å². The first-order chi connectivity index (χ1) is 9.31. The first-order valence-electron chi connectivity index (χ1n) is 6.25. The first kappa shape index (κ1) is 13.7. The molecule has 1 amide bonds. The number of aromatic nitrogens is 2. The van der Waals surface area contributed by atoms with Gasteiger partial charge in [-0.3, -0.25) is 4.79 Å². The van der Waals surface area contributed by atoms with Crippen LogP contribution in [0.5, 0.6) is 0 Å². The SMILES string of the molecule is CCSCCNC(=O)c1ccc(-n2ccnc2)cc1. The number of hydrogen-bond donors (Lipinski definition) is 1. The van der Waals surface area contributed by atoms with Crippen molar-refractivity contribution in [1.82, 2.24) is 14.9 Å². The van der Waals surface area contributed by atoms with E-state index in [1.807, 2.05) is 46.8 Å². The van der Waals surface area contributed by atoms with Crippen molar-refractivity contribution < 1.29 is 4.79 Å². The van der Waals surface area contributed by atoms with Gasteiger partial charge in [-0.05, 0) is 30.0 Å². The minimum absolute atomic E-state index is 0.0196. The van der Waals surface area contributed by atoms with Crippen molar-refractivity contribution in [3.05, 3.63) is 48.5 Å². The second kappa shape index (κ2) is 6.99. The van der Waals surface area contributed by atoms with Gasteiger partial charge in [-0.1, -0.05) is 6.92 Å². The van der Waals surface area contributed by atoms with Crippen LogP contribution in [-0.4, -0.2) is 33.5 Å². The molecule has 100 valence electrons. The van der Waals surface area contributed by atoms with Crippen molar-refractivity contribution in [3.63, 3.8) is 0 Å². The van der Waals surface area contributed by atoms with E-state index in [9.17, 15) is 4.79 Å². The summed E-state index contributed by atoms with van der Waals surface area (Å²) in [5, 5.41) is 2.91. The number of thioether (sulfide) groups is 1. The smallest absolute Gasteiger partial charge is 0.251 e. The monoisotopic (exact) mass is 275 g/mol. The van der Waals surface area contributed by atoms with E-state index in [-0.39, 0.29) is 5.91 Å². The van der Waals surface area contributed by atoms with Gasteiger partial charge < -0.3 is 9.88 Å². The average molecular weight is 275 g/mol. The summed E-state index contributed by atoms with van der Waals surface area (Å²) in [6.07, 6.45) is 5.33. The highest BCUT2D eigenvalue weighted by atomic mass is 32.2. The minimum atomic E-state index is -0.0196. The Labute approximate surface area is 117 Å². The molecule has 2 rings (SSSR count).